The van der Waals surface area contributed by atoms with Gasteiger partial charge in [-0.15, -0.1) is 0 Å². The van der Waals surface area contributed by atoms with Crippen LogP contribution in [-0.4, -0.2) is 16.8 Å². The second kappa shape index (κ2) is 4.14. The Labute approximate surface area is 96.9 Å². The van der Waals surface area contributed by atoms with E-state index in [0.29, 0.717) is 17.8 Å². The largest absolute Gasteiger partial charge is 0.361 e. The average molecular weight is 220 g/mol. The maximum atomic E-state index is 11.3. The van der Waals surface area contributed by atoms with Crippen LogP contribution in [0.2, 0.25) is 0 Å². The number of ketones is 1. The maximum Gasteiger partial charge on any atom is 0.323 e. The molecule has 2 aliphatic carbocycles. The van der Waals surface area contributed by atoms with Crippen molar-refractivity contribution >= 4 is 12.0 Å². The highest BCUT2D eigenvalue weighted by molar-refractivity contribution is 6.25. The minimum Gasteiger partial charge on any atom is -0.361 e. The number of Topliss-reactive ketones (excluding diaryl/α,β-unsaturated/α-hetero) is 1. The van der Waals surface area contributed by atoms with Gasteiger partial charge in [0.1, 0.15) is 0 Å². The Bertz CT molecular complexity index is 342. The molecule has 2 bridgehead atoms. The Morgan fingerprint density at radius 3 is 2.81 bits per heavy atom. The molecule has 0 aromatic carbocycles. The summed E-state index contributed by atoms with van der Waals surface area (Å²) in [4.78, 5) is 14.1. The molecule has 0 unspecified atom stereocenters. The van der Waals surface area contributed by atoms with Crippen molar-refractivity contribution in [1.29, 1.82) is 0 Å². The topological polar surface area (TPSA) is 53.5 Å². The summed E-state index contributed by atoms with van der Waals surface area (Å²) in [5.41, 5.74) is 8.69. The van der Waals surface area contributed by atoms with E-state index < -0.39 is 0 Å². The van der Waals surface area contributed by atoms with Crippen LogP contribution >= 0.6 is 0 Å². The van der Waals surface area contributed by atoms with Gasteiger partial charge in [0.15, 0.2) is 0 Å². The van der Waals surface area contributed by atoms with Gasteiger partial charge in [-0.2, -0.15) is 4.79 Å². The van der Waals surface area contributed by atoms with Gasteiger partial charge in [0.2, 0.25) is 5.78 Å². The molecule has 2 aliphatic rings. The van der Waals surface area contributed by atoms with E-state index in [1.807, 2.05) is 0 Å². The maximum absolute atomic E-state index is 11.3. The summed E-state index contributed by atoms with van der Waals surface area (Å²) in [5.74, 6) is 2.33. The van der Waals surface area contributed by atoms with Gasteiger partial charge in [-0.25, -0.2) is 0 Å². The molecule has 16 heavy (non-hydrogen) atoms. The van der Waals surface area contributed by atoms with Crippen LogP contribution in [0, 0.1) is 23.2 Å². The minimum atomic E-state index is -0.0546. The Balaban J connectivity index is 1.95. The predicted molar refractivity (Wildman–Crippen MR) is 62.0 cm³/mol. The summed E-state index contributed by atoms with van der Waals surface area (Å²) in [6.45, 7) is 4.71. The van der Waals surface area contributed by atoms with Crippen LogP contribution in [-0.2, 0) is 4.79 Å². The van der Waals surface area contributed by atoms with Gasteiger partial charge >= 0.3 is 6.21 Å². The average Bonchev–Trinajstić information content (AvgIpc) is 2.74. The van der Waals surface area contributed by atoms with E-state index in [-0.39, 0.29) is 5.78 Å². The molecular formula is C13H20N2O. The summed E-state index contributed by atoms with van der Waals surface area (Å²) in [6, 6.07) is 0. The highest BCUT2D eigenvalue weighted by Crippen LogP contribution is 2.60. The van der Waals surface area contributed by atoms with Crippen LogP contribution < -0.4 is 0 Å². The molecular weight excluding hydrogens is 200 g/mol. The summed E-state index contributed by atoms with van der Waals surface area (Å²) < 4.78 is 0. The lowest BCUT2D eigenvalue weighted by Crippen LogP contribution is -2.31. The summed E-state index contributed by atoms with van der Waals surface area (Å²) in [6.07, 6.45) is 6.60. The van der Waals surface area contributed by atoms with E-state index in [2.05, 4.69) is 18.6 Å². The lowest BCUT2D eigenvalue weighted by Gasteiger charge is -2.38. The van der Waals surface area contributed by atoms with E-state index in [1.165, 1.54) is 19.3 Å². The molecule has 0 aromatic rings. The first-order chi connectivity index (χ1) is 7.55. The Morgan fingerprint density at radius 2 is 2.25 bits per heavy atom. The van der Waals surface area contributed by atoms with Gasteiger partial charge in [-0.1, -0.05) is 13.8 Å². The predicted octanol–water partition coefficient (Wildman–Crippen LogP) is 2.71. The Kier molecular flexibility index (Phi) is 2.98. The van der Waals surface area contributed by atoms with Crippen molar-refractivity contribution in [3.8, 4) is 0 Å². The number of hydrogen-bond donors (Lipinski definition) is 0. The first-order valence-corrected chi connectivity index (χ1v) is 6.26. The number of hydrogen-bond acceptors (Lipinski definition) is 1. The van der Waals surface area contributed by atoms with Crippen LogP contribution in [0.5, 0.6) is 0 Å². The van der Waals surface area contributed by atoms with Crippen molar-refractivity contribution in [2.45, 2.75) is 46.0 Å². The fourth-order valence-corrected chi connectivity index (χ4v) is 4.00. The van der Waals surface area contributed by atoms with Gasteiger partial charge in [0.25, 0.3) is 0 Å². The third-order valence-electron chi connectivity index (χ3n) is 4.95. The van der Waals surface area contributed by atoms with Gasteiger partial charge in [0, 0.05) is 6.42 Å². The standard InChI is InChI=1S/C13H20N2O/c1-13(2)10-4-3-9(7-10)12(13)6-5-11(16)8-15-14/h8-10,12H,3-7H2,1-2H3/t9-,10+,12+/m1/s1. The second-order valence-corrected chi connectivity index (χ2v) is 5.95. The molecule has 2 saturated carbocycles. The smallest absolute Gasteiger partial charge is 0.323 e. The molecule has 0 spiro atoms. The minimum absolute atomic E-state index is 0.0546. The molecule has 0 aromatic heterocycles. The molecule has 3 atom stereocenters. The normalized spacial score (nSPS) is 34.8. The number of fused-ring (bicyclic) bond motifs is 2. The number of carbonyl (C=O) groups excluding carboxylic acids is 1. The van der Waals surface area contributed by atoms with E-state index in [1.54, 1.807) is 0 Å². The third kappa shape index (κ3) is 1.84. The van der Waals surface area contributed by atoms with Crippen molar-refractivity contribution in [3.05, 3.63) is 5.53 Å². The van der Waals surface area contributed by atoms with E-state index in [4.69, 9.17) is 5.53 Å². The lowest BCUT2D eigenvalue weighted by atomic mass is 9.67. The van der Waals surface area contributed by atoms with Crippen molar-refractivity contribution in [1.82, 2.24) is 0 Å². The first kappa shape index (κ1) is 11.5. The molecule has 88 valence electrons. The first-order valence-electron chi connectivity index (χ1n) is 6.26. The Morgan fingerprint density at radius 1 is 1.50 bits per heavy atom. The van der Waals surface area contributed by atoms with E-state index in [0.717, 1.165) is 24.5 Å². The fraction of sp³-hybridized carbons (Fsp3) is 0.846. The molecule has 0 aliphatic heterocycles. The van der Waals surface area contributed by atoms with Crippen LogP contribution in [0.1, 0.15) is 46.0 Å². The lowest BCUT2D eigenvalue weighted by molar-refractivity contribution is -0.116. The van der Waals surface area contributed by atoms with E-state index >= 15 is 0 Å². The summed E-state index contributed by atoms with van der Waals surface area (Å²) in [5, 5.41) is 0. The molecule has 3 heteroatoms. The number of carbonyl (C=O) groups is 1. The Hall–Kier alpha value is -0.950. The molecule has 0 heterocycles. The quantitative estimate of drug-likeness (QED) is 0.408. The monoisotopic (exact) mass is 220 g/mol. The molecule has 3 nitrogen and oxygen atoms in total. The highest BCUT2D eigenvalue weighted by Gasteiger charge is 2.51. The molecule has 2 rings (SSSR count). The summed E-state index contributed by atoms with van der Waals surface area (Å²) >= 11 is 0. The zero-order chi connectivity index (χ0) is 11.8. The number of nitrogens with zero attached hydrogens (tertiary/aromatic N) is 2. The van der Waals surface area contributed by atoms with E-state index in [9.17, 15) is 4.79 Å². The van der Waals surface area contributed by atoms with Crippen LogP contribution in [0.25, 0.3) is 5.53 Å². The zero-order valence-electron chi connectivity index (χ0n) is 10.1. The van der Waals surface area contributed by atoms with Crippen molar-refractivity contribution in [3.63, 3.8) is 0 Å². The molecule has 0 radical (unpaired) electrons. The summed E-state index contributed by atoms with van der Waals surface area (Å²) in [7, 11) is 0. The molecule has 2 fully saturated rings. The fourth-order valence-electron chi connectivity index (χ4n) is 4.00. The van der Waals surface area contributed by atoms with Crippen molar-refractivity contribution in [2.24, 2.45) is 23.2 Å². The number of rotatable bonds is 4. The van der Waals surface area contributed by atoms with Crippen molar-refractivity contribution in [2.75, 3.05) is 0 Å². The van der Waals surface area contributed by atoms with Gasteiger partial charge in [-0.05, 0) is 48.9 Å². The van der Waals surface area contributed by atoms with Crippen LogP contribution in [0.3, 0.4) is 0 Å². The third-order valence-corrected chi connectivity index (χ3v) is 4.95. The molecule has 0 amide bonds. The highest BCUT2D eigenvalue weighted by atomic mass is 16.1. The SMILES string of the molecule is CC1(C)[C@H]2CC[C@H](C2)[C@@H]1CCC(=O)C=[N+]=[N-]. The van der Waals surface area contributed by atoms with Crippen molar-refractivity contribution < 1.29 is 9.58 Å². The van der Waals surface area contributed by atoms with Crippen LogP contribution in [0.15, 0.2) is 0 Å². The zero-order valence-corrected chi connectivity index (χ0v) is 10.1. The van der Waals surface area contributed by atoms with Gasteiger partial charge in [-0.3, -0.25) is 4.79 Å². The second-order valence-electron chi connectivity index (χ2n) is 5.95. The van der Waals surface area contributed by atoms with Crippen LogP contribution in [0.4, 0.5) is 0 Å². The van der Waals surface area contributed by atoms with Gasteiger partial charge in [0.05, 0.1) is 0 Å². The van der Waals surface area contributed by atoms with Gasteiger partial charge < -0.3 is 5.53 Å². The molecule has 0 N–H and O–H groups in total. The molecule has 0 saturated heterocycles.